The third-order valence-electron chi connectivity index (χ3n) is 6.42. The number of fused-ring (bicyclic) bond motifs is 1. The second-order valence-corrected chi connectivity index (χ2v) is 8.85. The Labute approximate surface area is 173 Å². The zero-order valence-electron chi connectivity index (χ0n) is 17.4. The molecule has 29 heavy (non-hydrogen) atoms. The molecule has 4 heteroatoms. The van der Waals surface area contributed by atoms with E-state index in [2.05, 4.69) is 31.3 Å². The number of nitrogens with zero attached hydrogens (tertiary/aromatic N) is 1. The summed E-state index contributed by atoms with van der Waals surface area (Å²) in [6.45, 7) is 5.40. The Balaban J connectivity index is 1.80. The van der Waals surface area contributed by atoms with Gasteiger partial charge in [0.1, 0.15) is 0 Å². The van der Waals surface area contributed by atoms with Crippen LogP contribution in [0, 0.1) is 5.92 Å². The van der Waals surface area contributed by atoms with Gasteiger partial charge in [-0.1, -0.05) is 75.2 Å². The van der Waals surface area contributed by atoms with Crippen LogP contribution in [0.15, 0.2) is 54.6 Å². The van der Waals surface area contributed by atoms with Gasteiger partial charge in [0.15, 0.2) is 0 Å². The van der Waals surface area contributed by atoms with E-state index < -0.39 is 5.54 Å². The average Bonchev–Trinajstić information content (AvgIpc) is 3.20. The first-order valence-corrected chi connectivity index (χ1v) is 10.8. The minimum absolute atomic E-state index is 0.0543. The molecule has 4 nitrogen and oxygen atoms in total. The molecule has 2 aliphatic rings. The molecular weight excluding hydrogens is 360 g/mol. The van der Waals surface area contributed by atoms with Gasteiger partial charge < -0.3 is 10.2 Å². The van der Waals surface area contributed by atoms with E-state index >= 15 is 0 Å². The monoisotopic (exact) mass is 390 g/mol. The Morgan fingerprint density at radius 3 is 2.41 bits per heavy atom. The summed E-state index contributed by atoms with van der Waals surface area (Å²) >= 11 is 0. The van der Waals surface area contributed by atoms with E-state index in [1.54, 1.807) is 0 Å². The van der Waals surface area contributed by atoms with E-state index in [4.69, 9.17) is 0 Å². The summed E-state index contributed by atoms with van der Waals surface area (Å²) in [4.78, 5) is 29.1. The molecule has 1 atom stereocenters. The van der Waals surface area contributed by atoms with Crippen molar-refractivity contribution >= 4 is 11.8 Å². The maximum absolute atomic E-state index is 13.6. The second-order valence-electron chi connectivity index (χ2n) is 8.85. The Hall–Kier alpha value is -2.62. The van der Waals surface area contributed by atoms with Gasteiger partial charge in [-0.25, -0.2) is 0 Å². The lowest BCUT2D eigenvalue weighted by Gasteiger charge is -2.50. The van der Waals surface area contributed by atoms with Crippen LogP contribution < -0.4 is 5.32 Å². The predicted octanol–water partition coefficient (Wildman–Crippen LogP) is 4.51. The summed E-state index contributed by atoms with van der Waals surface area (Å²) in [6, 6.07) is 17.8. The van der Waals surface area contributed by atoms with Gasteiger partial charge in [0.2, 0.25) is 5.91 Å². The number of rotatable bonds is 5. The molecule has 1 fully saturated rings. The zero-order chi connectivity index (χ0) is 20.4. The third-order valence-corrected chi connectivity index (χ3v) is 6.42. The van der Waals surface area contributed by atoms with E-state index in [1.165, 1.54) is 0 Å². The Morgan fingerprint density at radius 2 is 1.72 bits per heavy atom. The summed E-state index contributed by atoms with van der Waals surface area (Å²) in [7, 11) is 0. The highest BCUT2D eigenvalue weighted by Gasteiger charge is 2.55. The average molecular weight is 391 g/mol. The zero-order valence-corrected chi connectivity index (χ0v) is 17.4. The summed E-state index contributed by atoms with van der Waals surface area (Å²) in [5, 5.41) is 3.17. The molecule has 2 aromatic carbocycles. The van der Waals surface area contributed by atoms with Gasteiger partial charge in [-0.2, -0.15) is 0 Å². The highest BCUT2D eigenvalue weighted by atomic mass is 16.2. The van der Waals surface area contributed by atoms with E-state index in [1.807, 2.05) is 47.4 Å². The van der Waals surface area contributed by atoms with E-state index in [0.717, 1.165) is 36.8 Å². The summed E-state index contributed by atoms with van der Waals surface area (Å²) < 4.78 is 0. The molecule has 1 spiro atoms. The molecule has 0 aromatic heterocycles. The fraction of sp³-hybridized carbons (Fsp3) is 0.440. The summed E-state index contributed by atoms with van der Waals surface area (Å²) in [5.74, 6) is 0.179. The first-order valence-electron chi connectivity index (χ1n) is 10.8. The van der Waals surface area contributed by atoms with Crippen molar-refractivity contribution in [3.05, 3.63) is 71.3 Å². The fourth-order valence-electron chi connectivity index (χ4n) is 5.07. The molecule has 1 aliphatic heterocycles. The van der Waals surface area contributed by atoms with Crippen LogP contribution in [0.1, 0.15) is 66.9 Å². The number of carbonyl (C=O) groups excluding carboxylic acids is 2. The molecule has 0 bridgehead atoms. The predicted molar refractivity (Wildman–Crippen MR) is 115 cm³/mol. The molecule has 0 unspecified atom stereocenters. The molecule has 2 aromatic rings. The van der Waals surface area contributed by atoms with Crippen molar-refractivity contribution < 1.29 is 9.59 Å². The van der Waals surface area contributed by atoms with Crippen molar-refractivity contribution in [2.45, 2.75) is 57.5 Å². The highest BCUT2D eigenvalue weighted by molar-refractivity contribution is 6.02. The number of carbonyl (C=O) groups is 2. The molecule has 0 radical (unpaired) electrons. The lowest BCUT2D eigenvalue weighted by atomic mass is 9.71. The quantitative estimate of drug-likeness (QED) is 0.816. The minimum atomic E-state index is -0.442. The van der Waals surface area contributed by atoms with Crippen molar-refractivity contribution in [1.29, 1.82) is 0 Å². The molecule has 0 saturated heterocycles. The van der Waals surface area contributed by atoms with E-state index in [0.29, 0.717) is 24.6 Å². The van der Waals surface area contributed by atoms with Crippen LogP contribution in [0.4, 0.5) is 0 Å². The summed E-state index contributed by atoms with van der Waals surface area (Å²) in [6.07, 6.45) is 3.85. The number of hydrogen-bond acceptors (Lipinski definition) is 2. The fourth-order valence-corrected chi connectivity index (χ4v) is 5.07. The standard InChI is InChI=1S/C25H30N2O2/c1-18(2)16-26-23(28)22-20-12-6-7-13-21(20)24(29)27(25(22)14-8-9-15-25)17-19-10-4-3-5-11-19/h3-7,10-13,18,22H,8-9,14-17H2,1-2H3,(H,26,28)/t22-/m0/s1. The first-order chi connectivity index (χ1) is 14.0. The number of amides is 2. The van der Waals surface area contributed by atoms with Crippen molar-refractivity contribution in [2.75, 3.05) is 6.54 Å². The Morgan fingerprint density at radius 1 is 1.07 bits per heavy atom. The molecule has 2 amide bonds. The van der Waals surface area contributed by atoms with Gasteiger partial charge in [0.05, 0.1) is 11.5 Å². The smallest absolute Gasteiger partial charge is 0.254 e. The normalized spacial score (nSPS) is 20.2. The van der Waals surface area contributed by atoms with Gasteiger partial charge in [-0.3, -0.25) is 9.59 Å². The summed E-state index contributed by atoms with van der Waals surface area (Å²) in [5.41, 5.74) is 2.23. The van der Waals surface area contributed by atoms with Crippen LogP contribution in [-0.4, -0.2) is 28.8 Å². The number of nitrogens with one attached hydrogen (secondary N) is 1. The van der Waals surface area contributed by atoms with E-state index in [-0.39, 0.29) is 17.7 Å². The topological polar surface area (TPSA) is 49.4 Å². The van der Waals surface area contributed by atoms with Crippen LogP contribution >= 0.6 is 0 Å². The first kappa shape index (κ1) is 19.7. The van der Waals surface area contributed by atoms with Crippen molar-refractivity contribution in [3.63, 3.8) is 0 Å². The van der Waals surface area contributed by atoms with Gasteiger partial charge in [-0.05, 0) is 36.0 Å². The molecule has 1 saturated carbocycles. The lowest BCUT2D eigenvalue weighted by molar-refractivity contribution is -0.126. The second kappa shape index (κ2) is 8.02. The van der Waals surface area contributed by atoms with Crippen LogP contribution in [0.25, 0.3) is 0 Å². The maximum Gasteiger partial charge on any atom is 0.254 e. The van der Waals surface area contributed by atoms with Gasteiger partial charge in [0.25, 0.3) is 5.91 Å². The lowest BCUT2D eigenvalue weighted by Crippen LogP contribution is -2.60. The molecule has 1 heterocycles. The van der Waals surface area contributed by atoms with Gasteiger partial charge >= 0.3 is 0 Å². The Bertz CT molecular complexity index is 885. The number of hydrogen-bond donors (Lipinski definition) is 1. The van der Waals surface area contributed by atoms with E-state index in [9.17, 15) is 9.59 Å². The van der Waals surface area contributed by atoms with Crippen LogP contribution in [-0.2, 0) is 11.3 Å². The van der Waals surface area contributed by atoms with Crippen molar-refractivity contribution in [1.82, 2.24) is 10.2 Å². The molecular formula is C25H30N2O2. The van der Waals surface area contributed by atoms with Crippen molar-refractivity contribution in [3.8, 4) is 0 Å². The van der Waals surface area contributed by atoms with Gasteiger partial charge in [0, 0.05) is 18.7 Å². The largest absolute Gasteiger partial charge is 0.355 e. The SMILES string of the molecule is CC(C)CNC(=O)[C@@H]1c2ccccc2C(=O)N(Cc2ccccc2)C12CCCC2. The molecule has 1 N–H and O–H groups in total. The van der Waals surface area contributed by atoms with Crippen LogP contribution in [0.2, 0.25) is 0 Å². The van der Waals surface area contributed by atoms with Crippen LogP contribution in [0.5, 0.6) is 0 Å². The maximum atomic E-state index is 13.6. The molecule has 152 valence electrons. The molecule has 1 aliphatic carbocycles. The van der Waals surface area contributed by atoms with Crippen molar-refractivity contribution in [2.24, 2.45) is 5.92 Å². The van der Waals surface area contributed by atoms with Gasteiger partial charge in [-0.15, -0.1) is 0 Å². The highest BCUT2D eigenvalue weighted by Crippen LogP contribution is 2.50. The number of benzene rings is 2. The van der Waals surface area contributed by atoms with Crippen LogP contribution in [0.3, 0.4) is 0 Å². The third kappa shape index (κ3) is 3.57. The minimum Gasteiger partial charge on any atom is -0.355 e. The Kier molecular flexibility index (Phi) is 5.44. The molecule has 4 rings (SSSR count).